The Hall–Kier alpha value is -2.47. The minimum Gasteiger partial charge on any atom is -0.451 e. The topological polar surface area (TPSA) is 59.9 Å². The van der Waals surface area contributed by atoms with Crippen molar-refractivity contribution in [1.82, 2.24) is 15.0 Å². The van der Waals surface area contributed by atoms with Gasteiger partial charge in [-0.1, -0.05) is 44.2 Å². The molecule has 0 amide bonds. The summed E-state index contributed by atoms with van der Waals surface area (Å²) in [6.45, 7) is 6.74. The minimum absolute atomic E-state index is 0.290. The highest BCUT2D eigenvalue weighted by atomic mass is 79.9. The van der Waals surface area contributed by atoms with Gasteiger partial charge >= 0.3 is 0 Å². The van der Waals surface area contributed by atoms with Crippen LogP contribution >= 0.6 is 15.9 Å². The van der Waals surface area contributed by atoms with Gasteiger partial charge in [0.2, 0.25) is 0 Å². The molecule has 5 nitrogen and oxygen atoms in total. The van der Waals surface area contributed by atoms with Crippen molar-refractivity contribution < 1.29 is 4.74 Å². The molecule has 0 unspecified atom stereocenters. The zero-order valence-electron chi connectivity index (χ0n) is 15.0. The number of benzene rings is 1. The number of anilines is 1. The smallest absolute Gasteiger partial charge is 0.187 e. The van der Waals surface area contributed by atoms with Crippen LogP contribution in [0.2, 0.25) is 0 Å². The van der Waals surface area contributed by atoms with E-state index >= 15 is 0 Å². The van der Waals surface area contributed by atoms with Crippen molar-refractivity contribution >= 4 is 21.7 Å². The highest BCUT2D eigenvalue weighted by Crippen LogP contribution is 2.34. The Bertz CT molecular complexity index is 884. The predicted octanol–water partition coefficient (Wildman–Crippen LogP) is 5.47. The molecule has 0 atom stereocenters. The van der Waals surface area contributed by atoms with Crippen molar-refractivity contribution in [2.45, 2.75) is 33.2 Å². The van der Waals surface area contributed by atoms with Crippen LogP contribution < -0.4 is 10.1 Å². The van der Waals surface area contributed by atoms with E-state index in [9.17, 15) is 0 Å². The molecular formula is C20H21BrN4O. The van der Waals surface area contributed by atoms with E-state index in [-0.39, 0.29) is 5.92 Å². The number of aryl methyl sites for hydroxylation is 1. The van der Waals surface area contributed by atoms with Crippen molar-refractivity contribution in [2.24, 2.45) is 0 Å². The molecule has 3 aromatic rings. The number of ether oxygens (including phenoxy) is 1. The molecule has 0 spiro atoms. The van der Waals surface area contributed by atoms with Crippen LogP contribution in [0, 0.1) is 6.92 Å². The number of aromatic nitrogens is 3. The molecule has 2 heterocycles. The first kappa shape index (κ1) is 18.3. The molecule has 0 bridgehead atoms. The molecule has 134 valence electrons. The number of rotatable bonds is 6. The molecule has 26 heavy (non-hydrogen) atoms. The second-order valence-corrected chi connectivity index (χ2v) is 7.08. The first-order valence-electron chi connectivity index (χ1n) is 8.47. The maximum absolute atomic E-state index is 6.17. The van der Waals surface area contributed by atoms with E-state index in [0.29, 0.717) is 23.9 Å². The molecule has 0 fully saturated rings. The number of nitrogens with zero attached hydrogens (tertiary/aromatic N) is 3. The molecule has 0 saturated heterocycles. The van der Waals surface area contributed by atoms with Gasteiger partial charge in [0.1, 0.15) is 16.2 Å². The SMILES string of the molecule is Cc1ncc(Oc2cc(Br)ncc2C(C)C)c(NCc2ccccc2)n1. The molecule has 2 aromatic heterocycles. The monoisotopic (exact) mass is 412 g/mol. The number of hydrogen-bond acceptors (Lipinski definition) is 5. The number of pyridine rings is 1. The van der Waals surface area contributed by atoms with E-state index < -0.39 is 0 Å². The third-order valence-corrected chi connectivity index (χ3v) is 4.32. The molecule has 0 aliphatic carbocycles. The van der Waals surface area contributed by atoms with Crippen molar-refractivity contribution in [1.29, 1.82) is 0 Å². The molecule has 0 saturated carbocycles. The molecule has 1 N–H and O–H groups in total. The van der Waals surface area contributed by atoms with E-state index in [2.05, 4.69) is 62.2 Å². The lowest BCUT2D eigenvalue weighted by Crippen LogP contribution is -2.06. The van der Waals surface area contributed by atoms with Gasteiger partial charge in [0, 0.05) is 24.4 Å². The van der Waals surface area contributed by atoms with Crippen LogP contribution in [0.3, 0.4) is 0 Å². The second kappa shape index (κ2) is 8.27. The molecule has 1 aromatic carbocycles. The fourth-order valence-electron chi connectivity index (χ4n) is 2.51. The maximum Gasteiger partial charge on any atom is 0.187 e. The van der Waals surface area contributed by atoms with Gasteiger partial charge in [-0.2, -0.15) is 0 Å². The zero-order chi connectivity index (χ0) is 18.5. The van der Waals surface area contributed by atoms with Gasteiger partial charge in [0.15, 0.2) is 11.6 Å². The number of hydrogen-bond donors (Lipinski definition) is 1. The summed E-state index contributed by atoms with van der Waals surface area (Å²) < 4.78 is 6.89. The predicted molar refractivity (Wildman–Crippen MR) is 107 cm³/mol. The van der Waals surface area contributed by atoms with Gasteiger partial charge in [0.05, 0.1) is 6.20 Å². The summed E-state index contributed by atoms with van der Waals surface area (Å²) in [5.74, 6) is 2.98. The van der Waals surface area contributed by atoms with Gasteiger partial charge in [-0.15, -0.1) is 0 Å². The molecule has 3 rings (SSSR count). The summed E-state index contributed by atoms with van der Waals surface area (Å²) in [5.41, 5.74) is 2.20. The van der Waals surface area contributed by atoms with Crippen molar-refractivity contribution in [3.8, 4) is 11.5 Å². The van der Waals surface area contributed by atoms with Gasteiger partial charge in [0.25, 0.3) is 0 Å². The highest BCUT2D eigenvalue weighted by Gasteiger charge is 2.14. The summed E-state index contributed by atoms with van der Waals surface area (Å²) in [6, 6.07) is 12.0. The second-order valence-electron chi connectivity index (χ2n) is 6.27. The van der Waals surface area contributed by atoms with E-state index in [1.54, 1.807) is 6.20 Å². The molecule has 6 heteroatoms. The Morgan fingerprint density at radius 1 is 1.08 bits per heavy atom. The van der Waals surface area contributed by atoms with Crippen molar-refractivity contribution in [2.75, 3.05) is 5.32 Å². The average molecular weight is 413 g/mol. The standard InChI is InChI=1S/C20H21BrN4O/c1-13(2)16-11-23-19(21)9-17(16)26-18-12-22-14(3)25-20(18)24-10-15-7-5-4-6-8-15/h4-9,11-13H,10H2,1-3H3,(H,22,24,25). The Balaban J connectivity index is 1.88. The third-order valence-electron chi connectivity index (χ3n) is 3.88. The van der Waals surface area contributed by atoms with E-state index in [1.165, 1.54) is 5.56 Å². The van der Waals surface area contributed by atoms with Crippen molar-refractivity contribution in [3.05, 3.63) is 70.3 Å². The lowest BCUT2D eigenvalue weighted by molar-refractivity contribution is 0.468. The van der Waals surface area contributed by atoms with Gasteiger partial charge in [-0.05, 0) is 34.3 Å². The van der Waals surface area contributed by atoms with Gasteiger partial charge < -0.3 is 10.1 Å². The number of halogens is 1. The van der Waals surface area contributed by atoms with Crippen LogP contribution in [0.5, 0.6) is 11.5 Å². The fourth-order valence-corrected chi connectivity index (χ4v) is 2.82. The lowest BCUT2D eigenvalue weighted by Gasteiger charge is -2.16. The maximum atomic E-state index is 6.17. The largest absolute Gasteiger partial charge is 0.451 e. The molecule has 0 aliphatic rings. The molecule has 0 radical (unpaired) electrons. The van der Waals surface area contributed by atoms with Crippen molar-refractivity contribution in [3.63, 3.8) is 0 Å². The van der Waals surface area contributed by atoms with E-state index in [4.69, 9.17) is 4.74 Å². The van der Waals surface area contributed by atoms with Gasteiger partial charge in [-0.25, -0.2) is 15.0 Å². The fraction of sp³-hybridized carbons (Fsp3) is 0.250. The Labute approximate surface area is 162 Å². The average Bonchev–Trinajstić information content (AvgIpc) is 2.62. The summed E-state index contributed by atoms with van der Waals surface area (Å²) in [7, 11) is 0. The molecule has 0 aliphatic heterocycles. The summed E-state index contributed by atoms with van der Waals surface area (Å²) in [4.78, 5) is 13.1. The van der Waals surface area contributed by atoms with Crippen LogP contribution in [0.15, 0.2) is 53.4 Å². The summed E-state index contributed by atoms with van der Waals surface area (Å²) in [6.07, 6.45) is 3.53. The van der Waals surface area contributed by atoms with Crippen LogP contribution in [0.1, 0.15) is 36.7 Å². The quantitative estimate of drug-likeness (QED) is 0.543. The molecular weight excluding hydrogens is 392 g/mol. The third kappa shape index (κ3) is 4.58. The van der Waals surface area contributed by atoms with E-state index in [0.717, 1.165) is 15.9 Å². The minimum atomic E-state index is 0.290. The van der Waals surface area contributed by atoms with E-state index in [1.807, 2.05) is 37.4 Å². The summed E-state index contributed by atoms with van der Waals surface area (Å²) in [5, 5.41) is 3.35. The van der Waals surface area contributed by atoms with Crippen LogP contribution in [-0.2, 0) is 6.54 Å². The normalized spacial score (nSPS) is 10.8. The first-order chi connectivity index (χ1) is 12.5. The Morgan fingerprint density at radius 2 is 1.85 bits per heavy atom. The Morgan fingerprint density at radius 3 is 2.58 bits per heavy atom. The number of nitrogens with one attached hydrogen (secondary N) is 1. The van der Waals surface area contributed by atoms with Crippen LogP contribution in [-0.4, -0.2) is 15.0 Å². The zero-order valence-corrected chi connectivity index (χ0v) is 16.6. The van der Waals surface area contributed by atoms with Crippen LogP contribution in [0.4, 0.5) is 5.82 Å². The van der Waals surface area contributed by atoms with Crippen LogP contribution in [0.25, 0.3) is 0 Å². The lowest BCUT2D eigenvalue weighted by atomic mass is 10.1. The van der Waals surface area contributed by atoms with Gasteiger partial charge in [-0.3, -0.25) is 0 Å². The summed E-state index contributed by atoms with van der Waals surface area (Å²) >= 11 is 3.41. The highest BCUT2D eigenvalue weighted by molar-refractivity contribution is 9.10. The Kier molecular flexibility index (Phi) is 5.83. The first-order valence-corrected chi connectivity index (χ1v) is 9.27.